The van der Waals surface area contributed by atoms with Crippen LogP contribution in [-0.2, 0) is 30.0 Å². The Morgan fingerprint density at radius 1 is 1.29 bits per heavy atom. The number of nitrogens with one attached hydrogen (secondary N) is 1. The maximum absolute atomic E-state index is 12.2. The molecule has 0 aliphatic heterocycles. The van der Waals surface area contributed by atoms with Gasteiger partial charge in [0, 0.05) is 7.05 Å². The Kier molecular flexibility index (Phi) is 5.05. The molecule has 1 aromatic carbocycles. The molecule has 2 aromatic rings. The Hall–Kier alpha value is -1.77. The zero-order chi connectivity index (χ0) is 15.3. The Labute approximate surface area is 124 Å². The average Bonchev–Trinajstić information content (AvgIpc) is 2.89. The van der Waals surface area contributed by atoms with Crippen LogP contribution in [0.25, 0.3) is 0 Å². The van der Waals surface area contributed by atoms with Gasteiger partial charge in [0.25, 0.3) is 0 Å². The van der Waals surface area contributed by atoms with Crippen LogP contribution in [0.4, 0.5) is 0 Å². The SMILES string of the molecule is Cn1cnnc1CNS(=O)(=O)c1ccc(CCCN)cc1. The summed E-state index contributed by atoms with van der Waals surface area (Å²) in [5.41, 5.74) is 6.53. The summed E-state index contributed by atoms with van der Waals surface area (Å²) in [7, 11) is -1.79. The number of hydrogen-bond acceptors (Lipinski definition) is 5. The van der Waals surface area contributed by atoms with E-state index < -0.39 is 10.0 Å². The van der Waals surface area contributed by atoms with Crippen molar-refractivity contribution < 1.29 is 8.42 Å². The van der Waals surface area contributed by atoms with E-state index in [-0.39, 0.29) is 11.4 Å². The number of sulfonamides is 1. The predicted octanol–water partition coefficient (Wildman–Crippen LogP) is 0.185. The first kappa shape index (κ1) is 15.6. The molecule has 2 rings (SSSR count). The lowest BCUT2D eigenvalue weighted by Crippen LogP contribution is -2.24. The number of nitrogens with zero attached hydrogens (tertiary/aromatic N) is 3. The second-order valence-corrected chi connectivity index (χ2v) is 6.49. The van der Waals surface area contributed by atoms with Crippen molar-refractivity contribution in [2.45, 2.75) is 24.3 Å². The van der Waals surface area contributed by atoms with Gasteiger partial charge in [0.2, 0.25) is 10.0 Å². The lowest BCUT2D eigenvalue weighted by atomic mass is 10.1. The fourth-order valence-electron chi connectivity index (χ4n) is 1.85. The van der Waals surface area contributed by atoms with Gasteiger partial charge in [-0.05, 0) is 37.1 Å². The summed E-state index contributed by atoms with van der Waals surface area (Å²) >= 11 is 0. The van der Waals surface area contributed by atoms with Crippen LogP contribution in [0.5, 0.6) is 0 Å². The second-order valence-electron chi connectivity index (χ2n) is 4.72. The smallest absolute Gasteiger partial charge is 0.240 e. The summed E-state index contributed by atoms with van der Waals surface area (Å²) in [6, 6.07) is 6.83. The van der Waals surface area contributed by atoms with Gasteiger partial charge >= 0.3 is 0 Å². The fourth-order valence-corrected chi connectivity index (χ4v) is 2.83. The molecule has 0 aliphatic rings. The minimum absolute atomic E-state index is 0.105. The van der Waals surface area contributed by atoms with Crippen molar-refractivity contribution in [1.82, 2.24) is 19.5 Å². The van der Waals surface area contributed by atoms with Crippen LogP contribution in [0.15, 0.2) is 35.5 Å². The molecule has 0 unspecified atom stereocenters. The number of rotatable bonds is 7. The second kappa shape index (κ2) is 6.79. The predicted molar refractivity (Wildman–Crippen MR) is 78.8 cm³/mol. The largest absolute Gasteiger partial charge is 0.330 e. The number of hydrogen-bond donors (Lipinski definition) is 2. The zero-order valence-electron chi connectivity index (χ0n) is 11.9. The van der Waals surface area contributed by atoms with Crippen molar-refractivity contribution >= 4 is 10.0 Å². The van der Waals surface area contributed by atoms with Crippen molar-refractivity contribution in [2.24, 2.45) is 12.8 Å². The molecule has 0 radical (unpaired) electrons. The van der Waals surface area contributed by atoms with E-state index in [0.29, 0.717) is 12.4 Å². The van der Waals surface area contributed by atoms with Crippen LogP contribution < -0.4 is 10.5 Å². The summed E-state index contributed by atoms with van der Waals surface area (Å²) in [6.07, 6.45) is 3.26. The Balaban J connectivity index is 2.03. The van der Waals surface area contributed by atoms with Gasteiger partial charge in [0.1, 0.15) is 12.2 Å². The number of aromatic nitrogens is 3. The van der Waals surface area contributed by atoms with E-state index in [2.05, 4.69) is 14.9 Å². The molecule has 0 aliphatic carbocycles. The highest BCUT2D eigenvalue weighted by molar-refractivity contribution is 7.89. The molecule has 7 nitrogen and oxygen atoms in total. The molecule has 0 bridgehead atoms. The molecule has 0 spiro atoms. The maximum Gasteiger partial charge on any atom is 0.240 e. The fraction of sp³-hybridized carbons (Fsp3) is 0.385. The first-order valence-corrected chi connectivity index (χ1v) is 8.13. The standard InChI is InChI=1S/C13H19N5O2S/c1-18-10-15-17-13(18)9-16-21(19,20)12-6-4-11(5-7-12)3-2-8-14/h4-7,10,16H,2-3,8-9,14H2,1H3. The summed E-state index contributed by atoms with van der Waals surface area (Å²) < 4.78 is 28.5. The highest BCUT2D eigenvalue weighted by atomic mass is 32.2. The Morgan fingerprint density at radius 3 is 2.57 bits per heavy atom. The van der Waals surface area contributed by atoms with Crippen LogP contribution in [-0.4, -0.2) is 29.7 Å². The molecule has 8 heteroatoms. The van der Waals surface area contributed by atoms with Gasteiger partial charge in [-0.25, -0.2) is 13.1 Å². The van der Waals surface area contributed by atoms with Crippen LogP contribution in [0.1, 0.15) is 17.8 Å². The third kappa shape index (κ3) is 4.10. The number of aryl methyl sites for hydroxylation is 2. The molecule has 1 heterocycles. The number of nitrogens with two attached hydrogens (primary N) is 1. The van der Waals surface area contributed by atoms with Crippen LogP contribution >= 0.6 is 0 Å². The number of benzene rings is 1. The highest BCUT2D eigenvalue weighted by Gasteiger charge is 2.14. The quantitative estimate of drug-likeness (QED) is 0.759. The van der Waals surface area contributed by atoms with Crippen molar-refractivity contribution in [2.75, 3.05) is 6.54 Å². The summed E-state index contributed by atoms with van der Waals surface area (Å²) in [5.74, 6) is 0.554. The minimum atomic E-state index is -3.55. The molecule has 0 atom stereocenters. The molecular weight excluding hydrogens is 290 g/mol. The first-order valence-electron chi connectivity index (χ1n) is 6.64. The van der Waals surface area contributed by atoms with Crippen molar-refractivity contribution in [1.29, 1.82) is 0 Å². The van der Waals surface area contributed by atoms with Crippen LogP contribution in [0.2, 0.25) is 0 Å². The molecule has 1 aromatic heterocycles. The molecule has 0 saturated carbocycles. The van der Waals surface area contributed by atoms with E-state index in [9.17, 15) is 8.42 Å². The summed E-state index contributed by atoms with van der Waals surface area (Å²) in [4.78, 5) is 0.237. The van der Waals surface area contributed by atoms with Gasteiger partial charge in [-0.15, -0.1) is 10.2 Å². The van der Waals surface area contributed by atoms with Crippen molar-refractivity contribution in [3.05, 3.63) is 42.0 Å². The third-order valence-electron chi connectivity index (χ3n) is 3.13. The first-order chi connectivity index (χ1) is 10.0. The normalized spacial score (nSPS) is 11.7. The monoisotopic (exact) mass is 309 g/mol. The van der Waals surface area contributed by atoms with Gasteiger partial charge in [0.15, 0.2) is 0 Å². The van der Waals surface area contributed by atoms with E-state index in [1.165, 1.54) is 6.33 Å². The molecule has 0 saturated heterocycles. The summed E-state index contributed by atoms with van der Waals surface area (Å²) in [6.45, 7) is 0.729. The molecule has 114 valence electrons. The van der Waals surface area contributed by atoms with E-state index in [1.54, 1.807) is 23.7 Å². The molecule has 0 amide bonds. The van der Waals surface area contributed by atoms with Gasteiger partial charge < -0.3 is 10.3 Å². The van der Waals surface area contributed by atoms with Gasteiger partial charge in [0.05, 0.1) is 11.4 Å². The third-order valence-corrected chi connectivity index (χ3v) is 4.55. The van der Waals surface area contributed by atoms with E-state index >= 15 is 0 Å². The van der Waals surface area contributed by atoms with Gasteiger partial charge in [-0.1, -0.05) is 12.1 Å². The van der Waals surface area contributed by atoms with Crippen LogP contribution in [0, 0.1) is 0 Å². The van der Waals surface area contributed by atoms with Crippen molar-refractivity contribution in [3.8, 4) is 0 Å². The van der Waals surface area contributed by atoms with E-state index in [0.717, 1.165) is 18.4 Å². The van der Waals surface area contributed by atoms with Gasteiger partial charge in [-0.2, -0.15) is 0 Å². The molecule has 3 N–H and O–H groups in total. The lowest BCUT2D eigenvalue weighted by molar-refractivity contribution is 0.577. The van der Waals surface area contributed by atoms with Crippen LogP contribution in [0.3, 0.4) is 0 Å². The molecular formula is C13H19N5O2S. The molecule has 21 heavy (non-hydrogen) atoms. The Morgan fingerprint density at radius 2 is 2.00 bits per heavy atom. The van der Waals surface area contributed by atoms with E-state index in [4.69, 9.17) is 5.73 Å². The summed E-state index contributed by atoms with van der Waals surface area (Å²) in [5, 5.41) is 7.54. The minimum Gasteiger partial charge on any atom is -0.330 e. The molecule has 0 fully saturated rings. The lowest BCUT2D eigenvalue weighted by Gasteiger charge is -2.07. The van der Waals surface area contributed by atoms with E-state index in [1.807, 2.05) is 12.1 Å². The topological polar surface area (TPSA) is 103 Å². The Bertz CT molecular complexity index is 679. The zero-order valence-corrected chi connectivity index (χ0v) is 12.7. The van der Waals surface area contributed by atoms with Crippen molar-refractivity contribution in [3.63, 3.8) is 0 Å². The van der Waals surface area contributed by atoms with Gasteiger partial charge in [-0.3, -0.25) is 0 Å². The average molecular weight is 309 g/mol. The highest BCUT2D eigenvalue weighted by Crippen LogP contribution is 2.12. The maximum atomic E-state index is 12.2.